The molecule has 0 amide bonds. The Bertz CT molecular complexity index is 1080. The standard InChI is InChI=1S/C32H41F/c1-31(2,3)28-21-12-6-10-19(21)27(20-11-7-13-22(20)28)18-32(4,5)29-23-14-8-16-25(23)30(33)26-17-9-15-24(26)29/h6-18H2,1-5H3. The highest BCUT2D eigenvalue weighted by Gasteiger charge is 2.39. The third kappa shape index (κ3) is 3.20. The Morgan fingerprint density at radius 1 is 0.515 bits per heavy atom. The zero-order valence-electron chi connectivity index (χ0n) is 21.6. The molecule has 0 spiro atoms. The Balaban J connectivity index is 1.53. The maximum Gasteiger partial charge on any atom is 0.130 e. The van der Waals surface area contributed by atoms with Gasteiger partial charge in [-0.2, -0.15) is 0 Å². The Morgan fingerprint density at radius 2 is 0.879 bits per heavy atom. The monoisotopic (exact) mass is 444 g/mol. The van der Waals surface area contributed by atoms with E-state index in [9.17, 15) is 0 Å². The highest BCUT2D eigenvalue weighted by Crippen LogP contribution is 2.48. The van der Waals surface area contributed by atoms with Crippen LogP contribution in [0.5, 0.6) is 0 Å². The van der Waals surface area contributed by atoms with Crippen molar-refractivity contribution in [1.29, 1.82) is 0 Å². The first-order chi connectivity index (χ1) is 15.7. The summed E-state index contributed by atoms with van der Waals surface area (Å²) in [5.74, 6) is 0.172. The molecule has 0 aliphatic heterocycles. The van der Waals surface area contributed by atoms with Crippen LogP contribution in [0.4, 0.5) is 4.39 Å². The lowest BCUT2D eigenvalue weighted by molar-refractivity contribution is 0.504. The zero-order valence-corrected chi connectivity index (χ0v) is 21.6. The molecular formula is C32H41F. The molecule has 4 aliphatic rings. The fourth-order valence-electron chi connectivity index (χ4n) is 8.42. The van der Waals surface area contributed by atoms with E-state index in [-0.39, 0.29) is 16.6 Å². The summed E-state index contributed by atoms with van der Waals surface area (Å²) in [6.07, 6.45) is 15.1. The molecule has 0 unspecified atom stereocenters. The predicted molar refractivity (Wildman–Crippen MR) is 136 cm³/mol. The number of rotatable bonds is 3. The van der Waals surface area contributed by atoms with Gasteiger partial charge >= 0.3 is 0 Å². The third-order valence-electron chi connectivity index (χ3n) is 9.38. The van der Waals surface area contributed by atoms with Gasteiger partial charge in [-0.25, -0.2) is 4.39 Å². The minimum Gasteiger partial charge on any atom is -0.206 e. The first kappa shape index (κ1) is 21.9. The molecule has 0 saturated carbocycles. The van der Waals surface area contributed by atoms with Crippen molar-refractivity contribution in [3.63, 3.8) is 0 Å². The second-order valence-electron chi connectivity index (χ2n) is 13.1. The minimum absolute atomic E-state index is 0.0620. The average molecular weight is 445 g/mol. The molecule has 2 aromatic carbocycles. The van der Waals surface area contributed by atoms with Crippen molar-refractivity contribution in [3.05, 3.63) is 67.0 Å². The summed E-state index contributed by atoms with van der Waals surface area (Å²) in [6, 6.07) is 0. The second-order valence-corrected chi connectivity index (χ2v) is 13.1. The number of benzene rings is 2. The molecular weight excluding hydrogens is 403 g/mol. The van der Waals surface area contributed by atoms with Crippen molar-refractivity contribution in [3.8, 4) is 0 Å². The minimum atomic E-state index is 0.0620. The normalized spacial score (nSPS) is 19.1. The molecule has 6 rings (SSSR count). The summed E-state index contributed by atoms with van der Waals surface area (Å²) >= 11 is 0. The van der Waals surface area contributed by atoms with Crippen molar-refractivity contribution in [2.45, 2.75) is 129 Å². The lowest BCUT2D eigenvalue weighted by Gasteiger charge is -2.34. The molecule has 0 aromatic heterocycles. The third-order valence-corrected chi connectivity index (χ3v) is 9.38. The van der Waals surface area contributed by atoms with Gasteiger partial charge in [-0.1, -0.05) is 34.6 Å². The van der Waals surface area contributed by atoms with Gasteiger partial charge in [-0.15, -0.1) is 0 Å². The van der Waals surface area contributed by atoms with Crippen LogP contribution in [0.3, 0.4) is 0 Å². The lowest BCUT2D eigenvalue weighted by atomic mass is 9.70. The van der Waals surface area contributed by atoms with Gasteiger partial charge < -0.3 is 0 Å². The summed E-state index contributed by atoms with van der Waals surface area (Å²) in [7, 11) is 0. The summed E-state index contributed by atoms with van der Waals surface area (Å²) in [5.41, 5.74) is 17.1. The average Bonchev–Trinajstić information content (AvgIpc) is 3.52. The topological polar surface area (TPSA) is 0 Å². The van der Waals surface area contributed by atoms with Gasteiger partial charge in [0.1, 0.15) is 5.82 Å². The number of fused-ring (bicyclic) bond motifs is 4. The largest absolute Gasteiger partial charge is 0.206 e. The van der Waals surface area contributed by atoms with E-state index < -0.39 is 0 Å². The molecule has 0 heterocycles. The Morgan fingerprint density at radius 3 is 1.30 bits per heavy atom. The molecule has 33 heavy (non-hydrogen) atoms. The molecule has 0 bridgehead atoms. The first-order valence-electron chi connectivity index (χ1n) is 13.7. The molecule has 4 aliphatic carbocycles. The Kier molecular flexibility index (Phi) is 4.93. The molecule has 0 atom stereocenters. The van der Waals surface area contributed by atoms with Gasteiger partial charge in [0.25, 0.3) is 0 Å². The maximum atomic E-state index is 15.4. The van der Waals surface area contributed by atoms with Crippen molar-refractivity contribution in [1.82, 2.24) is 0 Å². The SMILES string of the molecule is CC(C)(C)c1c2c(c(CC(C)(C)c3c4c(c(F)c5c3CCC5)CCC4)c3c1CCC3)CCC2. The zero-order chi connectivity index (χ0) is 23.1. The first-order valence-corrected chi connectivity index (χ1v) is 13.7. The van der Waals surface area contributed by atoms with E-state index in [2.05, 4.69) is 34.6 Å². The van der Waals surface area contributed by atoms with Crippen LogP contribution in [-0.2, 0) is 68.6 Å². The van der Waals surface area contributed by atoms with Crippen LogP contribution < -0.4 is 0 Å². The molecule has 2 aromatic rings. The van der Waals surface area contributed by atoms with Crippen LogP contribution in [0.15, 0.2) is 0 Å². The van der Waals surface area contributed by atoms with Crippen LogP contribution in [-0.4, -0.2) is 0 Å². The Labute approximate surface area is 200 Å². The maximum absolute atomic E-state index is 15.4. The second kappa shape index (κ2) is 7.43. The van der Waals surface area contributed by atoms with Crippen LogP contribution in [0, 0.1) is 5.82 Å². The van der Waals surface area contributed by atoms with Crippen molar-refractivity contribution in [2.24, 2.45) is 0 Å². The highest BCUT2D eigenvalue weighted by molar-refractivity contribution is 5.60. The lowest BCUT2D eigenvalue weighted by Crippen LogP contribution is -2.27. The molecule has 0 saturated heterocycles. The van der Waals surface area contributed by atoms with Gasteiger partial charge in [0.05, 0.1) is 0 Å². The summed E-state index contributed by atoms with van der Waals surface area (Å²) in [6.45, 7) is 12.2. The summed E-state index contributed by atoms with van der Waals surface area (Å²) in [5, 5.41) is 0. The summed E-state index contributed by atoms with van der Waals surface area (Å²) < 4.78 is 15.4. The number of hydrogen-bond acceptors (Lipinski definition) is 0. The Hall–Kier alpha value is -1.63. The molecule has 1 heteroatoms. The van der Waals surface area contributed by atoms with E-state index >= 15 is 4.39 Å². The highest BCUT2D eigenvalue weighted by atomic mass is 19.1. The number of halogens is 1. The van der Waals surface area contributed by atoms with Gasteiger partial charge in [-0.3, -0.25) is 0 Å². The van der Waals surface area contributed by atoms with Gasteiger partial charge in [-0.05, 0) is 155 Å². The van der Waals surface area contributed by atoms with E-state index in [0.29, 0.717) is 0 Å². The molecule has 0 N–H and O–H groups in total. The molecule has 0 nitrogen and oxygen atoms in total. The van der Waals surface area contributed by atoms with E-state index in [1.54, 1.807) is 38.9 Å². The van der Waals surface area contributed by atoms with E-state index in [4.69, 9.17) is 0 Å². The fraction of sp³-hybridized carbons (Fsp3) is 0.625. The number of hydrogen-bond donors (Lipinski definition) is 0. The smallest absolute Gasteiger partial charge is 0.130 e. The predicted octanol–water partition coefficient (Wildman–Crippen LogP) is 7.60. The molecule has 0 fully saturated rings. The quantitative estimate of drug-likeness (QED) is 0.457. The van der Waals surface area contributed by atoms with Crippen molar-refractivity contribution in [2.75, 3.05) is 0 Å². The van der Waals surface area contributed by atoms with Gasteiger partial charge in [0.15, 0.2) is 0 Å². The van der Waals surface area contributed by atoms with Gasteiger partial charge in [0, 0.05) is 0 Å². The van der Waals surface area contributed by atoms with Crippen LogP contribution in [0.2, 0.25) is 0 Å². The van der Waals surface area contributed by atoms with Crippen molar-refractivity contribution < 1.29 is 4.39 Å². The van der Waals surface area contributed by atoms with E-state index in [0.717, 1.165) is 56.1 Å². The molecule has 0 radical (unpaired) electrons. The fourth-order valence-corrected chi connectivity index (χ4v) is 8.42. The van der Waals surface area contributed by atoms with Crippen LogP contribution in [0.25, 0.3) is 0 Å². The summed E-state index contributed by atoms with van der Waals surface area (Å²) in [4.78, 5) is 0. The van der Waals surface area contributed by atoms with Crippen LogP contribution in [0.1, 0.15) is 121 Å². The van der Waals surface area contributed by atoms with Crippen LogP contribution >= 0.6 is 0 Å². The van der Waals surface area contributed by atoms with Gasteiger partial charge in [0.2, 0.25) is 0 Å². The van der Waals surface area contributed by atoms with E-state index in [1.807, 2.05) is 0 Å². The van der Waals surface area contributed by atoms with Crippen molar-refractivity contribution >= 4 is 0 Å². The molecule has 176 valence electrons. The van der Waals surface area contributed by atoms with E-state index in [1.165, 1.54) is 49.7 Å².